The largest absolute Gasteiger partial charge is 0.339 e. The Hall–Kier alpha value is -2.82. The van der Waals surface area contributed by atoms with Gasteiger partial charge in [-0.1, -0.05) is 29.8 Å². The SMILES string of the molecule is CCn1c(N2CCN(C(=O)c3cccc(C)c3)CC2)nc2ccccc21. The smallest absolute Gasteiger partial charge is 0.253 e. The maximum atomic E-state index is 12.7. The number of aryl methyl sites for hydroxylation is 2. The quantitative estimate of drug-likeness (QED) is 0.729. The van der Waals surface area contributed by atoms with Gasteiger partial charge < -0.3 is 14.4 Å². The summed E-state index contributed by atoms with van der Waals surface area (Å²) < 4.78 is 2.26. The van der Waals surface area contributed by atoms with Gasteiger partial charge in [-0.3, -0.25) is 4.79 Å². The van der Waals surface area contributed by atoms with Crippen LogP contribution in [0.15, 0.2) is 48.5 Å². The normalized spacial score (nSPS) is 14.8. The first kappa shape index (κ1) is 16.6. The van der Waals surface area contributed by atoms with Crippen molar-refractivity contribution >= 4 is 22.9 Å². The van der Waals surface area contributed by atoms with E-state index in [9.17, 15) is 4.79 Å². The second kappa shape index (κ2) is 6.83. The molecule has 5 nitrogen and oxygen atoms in total. The lowest BCUT2D eigenvalue weighted by Gasteiger charge is -2.35. The summed E-state index contributed by atoms with van der Waals surface area (Å²) in [5, 5.41) is 0. The van der Waals surface area contributed by atoms with E-state index in [2.05, 4.69) is 34.6 Å². The van der Waals surface area contributed by atoms with E-state index in [0.717, 1.165) is 55.3 Å². The number of anilines is 1. The number of hydrogen-bond donors (Lipinski definition) is 0. The lowest BCUT2D eigenvalue weighted by Crippen LogP contribution is -2.49. The Labute approximate surface area is 153 Å². The highest BCUT2D eigenvalue weighted by atomic mass is 16.2. The van der Waals surface area contributed by atoms with Crippen molar-refractivity contribution in [3.8, 4) is 0 Å². The minimum absolute atomic E-state index is 0.123. The second-order valence-electron chi connectivity index (χ2n) is 6.79. The molecule has 0 bridgehead atoms. The third kappa shape index (κ3) is 2.94. The predicted octanol–water partition coefficient (Wildman–Crippen LogP) is 3.33. The lowest BCUT2D eigenvalue weighted by molar-refractivity contribution is 0.0746. The van der Waals surface area contributed by atoms with Gasteiger partial charge in [-0.2, -0.15) is 0 Å². The molecule has 0 N–H and O–H groups in total. The summed E-state index contributed by atoms with van der Waals surface area (Å²) in [5.41, 5.74) is 4.09. The molecule has 134 valence electrons. The van der Waals surface area contributed by atoms with Crippen LogP contribution < -0.4 is 4.90 Å². The van der Waals surface area contributed by atoms with E-state index in [4.69, 9.17) is 4.98 Å². The number of hydrogen-bond acceptors (Lipinski definition) is 3. The summed E-state index contributed by atoms with van der Waals surface area (Å²) in [6, 6.07) is 16.1. The number of amides is 1. The summed E-state index contributed by atoms with van der Waals surface area (Å²) >= 11 is 0. The first-order valence-electron chi connectivity index (χ1n) is 9.23. The molecule has 3 aromatic rings. The summed E-state index contributed by atoms with van der Waals surface area (Å²) in [7, 11) is 0. The first-order chi connectivity index (χ1) is 12.7. The van der Waals surface area contributed by atoms with Crippen LogP contribution in [0.5, 0.6) is 0 Å². The molecule has 5 heteroatoms. The lowest BCUT2D eigenvalue weighted by atomic mass is 10.1. The molecule has 1 aliphatic heterocycles. The molecule has 2 aromatic carbocycles. The zero-order valence-electron chi connectivity index (χ0n) is 15.4. The van der Waals surface area contributed by atoms with E-state index in [1.54, 1.807) is 0 Å². The third-order valence-electron chi connectivity index (χ3n) is 5.07. The van der Waals surface area contributed by atoms with Crippen molar-refractivity contribution in [3.05, 3.63) is 59.7 Å². The van der Waals surface area contributed by atoms with Crippen LogP contribution in [0.1, 0.15) is 22.8 Å². The van der Waals surface area contributed by atoms with Gasteiger partial charge in [0.05, 0.1) is 11.0 Å². The van der Waals surface area contributed by atoms with Crippen LogP contribution in [0.3, 0.4) is 0 Å². The highest BCUT2D eigenvalue weighted by molar-refractivity contribution is 5.94. The Morgan fingerprint density at radius 1 is 1.04 bits per heavy atom. The van der Waals surface area contributed by atoms with Crippen molar-refractivity contribution in [1.29, 1.82) is 0 Å². The van der Waals surface area contributed by atoms with Gasteiger partial charge in [-0.25, -0.2) is 4.98 Å². The van der Waals surface area contributed by atoms with Gasteiger partial charge in [0.2, 0.25) is 5.95 Å². The van der Waals surface area contributed by atoms with E-state index in [1.807, 2.05) is 42.2 Å². The Bertz CT molecular complexity index is 938. The van der Waals surface area contributed by atoms with E-state index in [0.29, 0.717) is 0 Å². The Balaban J connectivity index is 1.51. The number of nitrogens with zero attached hydrogens (tertiary/aromatic N) is 4. The number of carbonyl (C=O) groups excluding carboxylic acids is 1. The first-order valence-corrected chi connectivity index (χ1v) is 9.23. The molecular weight excluding hydrogens is 324 g/mol. The van der Waals surface area contributed by atoms with Crippen LogP contribution in [0.4, 0.5) is 5.95 Å². The van der Waals surface area contributed by atoms with Crippen molar-refractivity contribution in [2.24, 2.45) is 0 Å². The summed E-state index contributed by atoms with van der Waals surface area (Å²) in [5.74, 6) is 1.13. The number of para-hydroxylation sites is 2. The molecule has 26 heavy (non-hydrogen) atoms. The number of benzene rings is 2. The molecule has 0 radical (unpaired) electrons. The molecule has 1 fully saturated rings. The average Bonchev–Trinajstić information content (AvgIpc) is 3.06. The number of aromatic nitrogens is 2. The highest BCUT2D eigenvalue weighted by Crippen LogP contribution is 2.23. The number of rotatable bonds is 3. The van der Waals surface area contributed by atoms with Crippen LogP contribution in [-0.4, -0.2) is 46.5 Å². The fourth-order valence-electron chi connectivity index (χ4n) is 3.69. The number of fused-ring (bicyclic) bond motifs is 1. The maximum absolute atomic E-state index is 12.7. The maximum Gasteiger partial charge on any atom is 0.253 e. The zero-order chi connectivity index (χ0) is 18.1. The van der Waals surface area contributed by atoms with Gasteiger partial charge in [0.15, 0.2) is 0 Å². The number of piperazine rings is 1. The van der Waals surface area contributed by atoms with E-state index in [-0.39, 0.29) is 5.91 Å². The Morgan fingerprint density at radius 2 is 1.81 bits per heavy atom. The molecule has 4 rings (SSSR count). The van der Waals surface area contributed by atoms with Gasteiger partial charge in [0.25, 0.3) is 5.91 Å². The molecule has 0 aliphatic carbocycles. The van der Waals surface area contributed by atoms with Crippen LogP contribution >= 0.6 is 0 Å². The van der Waals surface area contributed by atoms with Crippen molar-refractivity contribution < 1.29 is 4.79 Å². The molecule has 0 atom stereocenters. The molecule has 0 saturated carbocycles. The van der Waals surface area contributed by atoms with E-state index >= 15 is 0 Å². The molecule has 1 aromatic heterocycles. The topological polar surface area (TPSA) is 41.4 Å². The van der Waals surface area contributed by atoms with Crippen LogP contribution in [0.25, 0.3) is 11.0 Å². The standard InChI is InChI=1S/C21H24N4O/c1-3-25-19-10-5-4-9-18(19)22-21(25)24-13-11-23(12-14-24)20(26)17-8-6-7-16(2)15-17/h4-10,15H,3,11-14H2,1-2H3. The van der Waals surface area contributed by atoms with E-state index in [1.165, 1.54) is 5.52 Å². The van der Waals surface area contributed by atoms with Gasteiger partial charge in [0, 0.05) is 38.3 Å². The summed E-state index contributed by atoms with van der Waals surface area (Å²) in [6.07, 6.45) is 0. The van der Waals surface area contributed by atoms with Crippen LogP contribution in [-0.2, 0) is 6.54 Å². The molecular formula is C21H24N4O. The molecule has 1 aliphatic rings. The Kier molecular flexibility index (Phi) is 4.37. The van der Waals surface area contributed by atoms with Crippen molar-refractivity contribution in [3.63, 3.8) is 0 Å². The van der Waals surface area contributed by atoms with Crippen LogP contribution in [0, 0.1) is 6.92 Å². The van der Waals surface area contributed by atoms with Crippen molar-refractivity contribution in [1.82, 2.24) is 14.5 Å². The Morgan fingerprint density at radius 3 is 2.54 bits per heavy atom. The summed E-state index contributed by atoms with van der Waals surface area (Å²) in [6.45, 7) is 8.11. The highest BCUT2D eigenvalue weighted by Gasteiger charge is 2.25. The summed E-state index contributed by atoms with van der Waals surface area (Å²) in [4.78, 5) is 21.8. The monoisotopic (exact) mass is 348 g/mol. The second-order valence-corrected chi connectivity index (χ2v) is 6.79. The molecule has 0 spiro atoms. The van der Waals surface area contributed by atoms with Crippen molar-refractivity contribution in [2.45, 2.75) is 20.4 Å². The predicted molar refractivity (Wildman–Crippen MR) is 105 cm³/mol. The molecule has 0 unspecified atom stereocenters. The van der Waals surface area contributed by atoms with Gasteiger partial charge in [-0.15, -0.1) is 0 Å². The van der Waals surface area contributed by atoms with Gasteiger partial charge in [0.1, 0.15) is 0 Å². The van der Waals surface area contributed by atoms with Gasteiger partial charge in [-0.05, 0) is 38.1 Å². The molecule has 2 heterocycles. The van der Waals surface area contributed by atoms with Gasteiger partial charge >= 0.3 is 0 Å². The zero-order valence-corrected chi connectivity index (χ0v) is 15.4. The molecule has 1 amide bonds. The van der Waals surface area contributed by atoms with Crippen molar-refractivity contribution in [2.75, 3.05) is 31.1 Å². The number of carbonyl (C=O) groups is 1. The van der Waals surface area contributed by atoms with E-state index < -0.39 is 0 Å². The third-order valence-corrected chi connectivity index (χ3v) is 5.07. The fraction of sp³-hybridized carbons (Fsp3) is 0.333. The van der Waals surface area contributed by atoms with Crippen LogP contribution in [0.2, 0.25) is 0 Å². The minimum Gasteiger partial charge on any atom is -0.339 e. The molecule has 1 saturated heterocycles. The average molecular weight is 348 g/mol. The fourth-order valence-corrected chi connectivity index (χ4v) is 3.69. The number of imidazole rings is 1. The minimum atomic E-state index is 0.123.